The van der Waals surface area contributed by atoms with Gasteiger partial charge in [-0.3, -0.25) is 4.18 Å². The summed E-state index contributed by atoms with van der Waals surface area (Å²) in [6.07, 6.45) is 0. The fraction of sp³-hybridized carbons (Fsp3) is 0.158. The van der Waals surface area contributed by atoms with E-state index >= 15 is 0 Å². The second-order valence-corrected chi connectivity index (χ2v) is 13.3. The smallest absolute Gasteiger partial charge is 0.744 e. The molecule has 0 aliphatic heterocycles. The Labute approximate surface area is 302 Å². The van der Waals surface area contributed by atoms with Crippen LogP contribution in [0.2, 0.25) is 0 Å². The molecule has 41 heavy (non-hydrogen) atoms. The summed E-state index contributed by atoms with van der Waals surface area (Å²) >= 11 is 0. The van der Waals surface area contributed by atoms with Gasteiger partial charge in [0, 0.05) is 12.4 Å². The first-order valence-corrected chi connectivity index (χ1v) is 15.8. The van der Waals surface area contributed by atoms with E-state index in [1.165, 1.54) is 25.2 Å². The molecule has 3 rings (SSSR count). The molecule has 0 saturated carbocycles. The first-order chi connectivity index (χ1) is 17.4. The number of benzene rings is 3. The van der Waals surface area contributed by atoms with Gasteiger partial charge in [-0.1, -0.05) is 12.1 Å². The van der Waals surface area contributed by atoms with Gasteiger partial charge in [-0.15, -0.1) is 10.2 Å². The molecule has 0 aliphatic carbocycles. The van der Waals surface area contributed by atoms with Gasteiger partial charge < -0.3 is 19.0 Å². The monoisotopic (exact) mass is 675 g/mol. The maximum absolute atomic E-state index is 12.4. The van der Waals surface area contributed by atoms with Crippen LogP contribution in [0.3, 0.4) is 0 Å². The number of hydrogen-bond acceptors (Lipinski definition) is 15. The summed E-state index contributed by atoms with van der Waals surface area (Å²) < 4.78 is 130. The minimum Gasteiger partial charge on any atom is -0.744 e. The van der Waals surface area contributed by atoms with Crippen molar-refractivity contribution in [3.63, 3.8) is 0 Å². The van der Waals surface area contributed by atoms with Gasteiger partial charge in [-0.05, 0) is 41.8 Å². The van der Waals surface area contributed by atoms with Crippen LogP contribution in [0.5, 0.6) is 0 Å². The van der Waals surface area contributed by atoms with E-state index in [4.69, 9.17) is 0 Å². The van der Waals surface area contributed by atoms with E-state index in [1.54, 1.807) is 0 Å². The molecule has 0 spiro atoms. The molecule has 0 saturated heterocycles. The quantitative estimate of drug-likeness (QED) is 0.0908. The Morgan fingerprint density at radius 1 is 0.756 bits per heavy atom. The first kappa shape index (κ1) is 41.0. The van der Waals surface area contributed by atoms with Gasteiger partial charge >= 0.3 is 88.7 Å². The van der Waals surface area contributed by atoms with Crippen LogP contribution in [0.1, 0.15) is 0 Å². The molecule has 0 atom stereocenters. The van der Waals surface area contributed by atoms with Crippen molar-refractivity contribution in [2.24, 2.45) is 10.2 Å². The molecular formula is C19H16N3Na3O12S4. The van der Waals surface area contributed by atoms with Crippen molar-refractivity contribution in [3.05, 3.63) is 48.5 Å². The maximum atomic E-state index is 12.4. The summed E-state index contributed by atoms with van der Waals surface area (Å²) in [6.45, 7) is -1.04. The molecule has 0 fully saturated rings. The van der Waals surface area contributed by atoms with Gasteiger partial charge in [0.25, 0.3) is 0 Å². The number of nitrogens with one attached hydrogen (secondary N) is 1. The molecule has 0 radical (unpaired) electrons. The minimum absolute atomic E-state index is 0. The average molecular weight is 676 g/mol. The second kappa shape index (κ2) is 15.8. The normalized spacial score (nSPS) is 12.3. The number of nitrogens with zero attached hydrogens (tertiary/aromatic N) is 2. The van der Waals surface area contributed by atoms with Crippen LogP contribution in [0.15, 0.2) is 73.4 Å². The maximum Gasteiger partial charge on any atom is 1.00 e. The van der Waals surface area contributed by atoms with E-state index in [2.05, 4.69) is 19.7 Å². The Hall–Kier alpha value is -0.0400. The van der Waals surface area contributed by atoms with Crippen LogP contribution < -0.4 is 94.0 Å². The van der Waals surface area contributed by atoms with E-state index < -0.39 is 73.2 Å². The van der Waals surface area contributed by atoms with Gasteiger partial charge in [0.05, 0.1) is 32.7 Å². The molecule has 0 bridgehead atoms. The molecule has 0 aliphatic rings. The van der Waals surface area contributed by atoms with Crippen molar-refractivity contribution in [3.8, 4) is 0 Å². The Balaban J connectivity index is 0.00000533. The largest absolute Gasteiger partial charge is 1.00 e. The summed E-state index contributed by atoms with van der Waals surface area (Å²) in [5, 5.41) is 11.1. The summed E-state index contributed by atoms with van der Waals surface area (Å²) in [5.41, 5.74) is -0.130. The molecule has 0 heterocycles. The molecule has 22 heteroatoms. The zero-order valence-electron chi connectivity index (χ0n) is 22.0. The Kier molecular flexibility index (Phi) is 15.8. The van der Waals surface area contributed by atoms with Crippen molar-refractivity contribution in [2.75, 3.05) is 24.7 Å². The number of anilines is 1. The zero-order chi connectivity index (χ0) is 28.5. The molecule has 0 amide bonds. The predicted molar refractivity (Wildman–Crippen MR) is 128 cm³/mol. The number of azo groups is 1. The average Bonchev–Trinajstić information content (AvgIpc) is 2.79. The molecule has 0 unspecified atom stereocenters. The SMILES string of the molecule is CNc1ccc2cc(S(=O)(=O)[O-])ccc2c1N=Nc1ccc(S(=O)(=O)CCOS(=O)(=O)[O-])cc1S(=O)(=O)[O-].[Na+].[Na+].[Na+]. The second-order valence-electron chi connectivity index (χ2n) is 7.38. The molecule has 3 aromatic rings. The topological polar surface area (TPSA) is 252 Å². The van der Waals surface area contributed by atoms with Crippen LogP contribution in [-0.2, 0) is 44.7 Å². The van der Waals surface area contributed by atoms with Crippen LogP contribution >= 0.6 is 0 Å². The fourth-order valence-electron chi connectivity index (χ4n) is 3.19. The van der Waals surface area contributed by atoms with E-state index in [1.807, 2.05) is 0 Å². The van der Waals surface area contributed by atoms with E-state index in [-0.39, 0.29) is 99.7 Å². The summed E-state index contributed by atoms with van der Waals surface area (Å²) in [7, 11) is -18.1. The molecule has 1 N–H and O–H groups in total. The van der Waals surface area contributed by atoms with Crippen LogP contribution in [0.25, 0.3) is 10.8 Å². The van der Waals surface area contributed by atoms with Gasteiger partial charge in [0.2, 0.25) is 10.4 Å². The third kappa shape index (κ3) is 11.1. The number of hydrogen-bond donors (Lipinski definition) is 1. The molecule has 0 aromatic heterocycles. The first-order valence-electron chi connectivity index (χ1n) is 9.97. The van der Waals surface area contributed by atoms with Crippen molar-refractivity contribution in [1.29, 1.82) is 0 Å². The standard InChI is InChI=1S/C19H19N3O12S4.3Na/c1-20-17-6-2-12-10-14(36(25,26)27)3-5-15(12)19(17)22-21-16-7-4-13(11-18(16)37(28,29)30)35(23,24)9-8-34-38(31,32)33;;;/h2-7,10-11,20H,8-9H2,1H3,(H,25,26,27)(H,28,29,30)(H,31,32,33);;;/q;3*+1/p-3. The van der Waals surface area contributed by atoms with E-state index in [9.17, 15) is 47.3 Å². The number of sulfone groups is 1. The van der Waals surface area contributed by atoms with Gasteiger partial charge in [0.15, 0.2) is 9.84 Å². The van der Waals surface area contributed by atoms with Crippen LogP contribution in [0.4, 0.5) is 17.1 Å². The number of fused-ring (bicyclic) bond motifs is 1. The fourth-order valence-corrected chi connectivity index (χ4v) is 5.92. The Bertz CT molecular complexity index is 1880. The summed E-state index contributed by atoms with van der Waals surface area (Å²) in [5.74, 6) is -1.02. The van der Waals surface area contributed by atoms with Crippen LogP contribution in [-0.4, -0.2) is 66.7 Å². The predicted octanol–water partition coefficient (Wildman–Crippen LogP) is -7.63. The van der Waals surface area contributed by atoms with Crippen molar-refractivity contribution < 1.29 is 140 Å². The number of rotatable bonds is 10. The summed E-state index contributed by atoms with van der Waals surface area (Å²) in [4.78, 5) is -2.25. The minimum atomic E-state index is -5.31. The molecule has 3 aromatic carbocycles. The van der Waals surface area contributed by atoms with Gasteiger partial charge in [-0.2, -0.15) is 0 Å². The van der Waals surface area contributed by atoms with Crippen molar-refractivity contribution in [1.82, 2.24) is 0 Å². The molecule has 15 nitrogen and oxygen atoms in total. The van der Waals surface area contributed by atoms with E-state index in [0.717, 1.165) is 24.3 Å². The van der Waals surface area contributed by atoms with Crippen LogP contribution in [0, 0.1) is 0 Å². The van der Waals surface area contributed by atoms with E-state index in [0.29, 0.717) is 17.1 Å². The Morgan fingerprint density at radius 2 is 1.37 bits per heavy atom. The van der Waals surface area contributed by atoms with Crippen molar-refractivity contribution >= 4 is 68.3 Å². The Morgan fingerprint density at radius 3 is 1.90 bits per heavy atom. The van der Waals surface area contributed by atoms with Gasteiger partial charge in [-0.25, -0.2) is 33.7 Å². The van der Waals surface area contributed by atoms with Crippen molar-refractivity contribution in [2.45, 2.75) is 14.7 Å². The summed E-state index contributed by atoms with van der Waals surface area (Å²) in [6, 6.07) is 8.65. The zero-order valence-corrected chi connectivity index (χ0v) is 31.2. The molecular weight excluding hydrogens is 659 g/mol. The third-order valence-electron chi connectivity index (χ3n) is 4.92. The third-order valence-corrected chi connectivity index (χ3v) is 8.75. The van der Waals surface area contributed by atoms with Gasteiger partial charge in [0.1, 0.15) is 31.6 Å². The molecule has 206 valence electrons.